The van der Waals surface area contributed by atoms with Gasteiger partial charge in [-0.05, 0) is 25.0 Å². The number of hydrogen-bond donors (Lipinski definition) is 2. The van der Waals surface area contributed by atoms with Crippen molar-refractivity contribution in [1.29, 1.82) is 0 Å². The van der Waals surface area contributed by atoms with Gasteiger partial charge in [0.1, 0.15) is 5.69 Å². The third-order valence-corrected chi connectivity index (χ3v) is 3.19. The SMILES string of the molecule is NC(=O)c1ccc(N2CCC[C@@H](O)C2)c([N+](=O)[O-])c1. The van der Waals surface area contributed by atoms with E-state index in [0.717, 1.165) is 6.42 Å². The van der Waals surface area contributed by atoms with Crippen LogP contribution in [0.3, 0.4) is 0 Å². The lowest BCUT2D eigenvalue weighted by Crippen LogP contribution is -2.38. The molecule has 0 saturated carbocycles. The summed E-state index contributed by atoms with van der Waals surface area (Å²) in [6.07, 6.45) is 0.990. The van der Waals surface area contributed by atoms with E-state index in [1.807, 2.05) is 0 Å². The highest BCUT2D eigenvalue weighted by Crippen LogP contribution is 2.31. The summed E-state index contributed by atoms with van der Waals surface area (Å²) in [4.78, 5) is 23.4. The minimum Gasteiger partial charge on any atom is -0.391 e. The number of aliphatic hydroxyl groups excluding tert-OH is 1. The first-order valence-corrected chi connectivity index (χ1v) is 6.00. The molecule has 1 aliphatic heterocycles. The molecule has 3 N–H and O–H groups in total. The largest absolute Gasteiger partial charge is 0.391 e. The highest BCUT2D eigenvalue weighted by Gasteiger charge is 2.25. The first-order chi connectivity index (χ1) is 8.99. The molecule has 7 nitrogen and oxygen atoms in total. The number of carbonyl (C=O) groups is 1. The second kappa shape index (κ2) is 5.23. The van der Waals surface area contributed by atoms with Crippen molar-refractivity contribution in [2.24, 2.45) is 5.73 Å². The molecular weight excluding hydrogens is 250 g/mol. The van der Waals surface area contributed by atoms with Gasteiger partial charge < -0.3 is 15.7 Å². The minimum atomic E-state index is -0.701. The maximum atomic E-state index is 11.1. The molecule has 1 amide bonds. The van der Waals surface area contributed by atoms with Crippen molar-refractivity contribution in [2.75, 3.05) is 18.0 Å². The average molecular weight is 265 g/mol. The number of primary amides is 1. The van der Waals surface area contributed by atoms with Crippen LogP contribution in [0.15, 0.2) is 18.2 Å². The highest BCUT2D eigenvalue weighted by molar-refractivity contribution is 5.94. The van der Waals surface area contributed by atoms with Crippen molar-refractivity contribution < 1.29 is 14.8 Å². The summed E-state index contributed by atoms with van der Waals surface area (Å²) in [5.74, 6) is -0.701. The third kappa shape index (κ3) is 2.82. The number of nitro benzene ring substituents is 1. The Hall–Kier alpha value is -2.15. The van der Waals surface area contributed by atoms with Crippen LogP contribution in [0.25, 0.3) is 0 Å². The van der Waals surface area contributed by atoms with E-state index in [4.69, 9.17) is 5.73 Å². The van der Waals surface area contributed by atoms with E-state index in [2.05, 4.69) is 0 Å². The van der Waals surface area contributed by atoms with E-state index in [-0.39, 0.29) is 11.3 Å². The Balaban J connectivity index is 2.38. The van der Waals surface area contributed by atoms with Gasteiger partial charge in [-0.3, -0.25) is 14.9 Å². The van der Waals surface area contributed by atoms with Gasteiger partial charge in [0.15, 0.2) is 0 Å². The number of nitrogens with two attached hydrogens (primary N) is 1. The number of amides is 1. The number of nitro groups is 1. The summed E-state index contributed by atoms with van der Waals surface area (Å²) in [7, 11) is 0. The molecular formula is C12H15N3O4. The Morgan fingerprint density at radius 2 is 2.26 bits per heavy atom. The zero-order valence-corrected chi connectivity index (χ0v) is 10.3. The van der Waals surface area contributed by atoms with Gasteiger partial charge in [-0.15, -0.1) is 0 Å². The maximum absolute atomic E-state index is 11.1. The smallest absolute Gasteiger partial charge is 0.293 e. The van der Waals surface area contributed by atoms with E-state index < -0.39 is 16.9 Å². The Morgan fingerprint density at radius 3 is 2.84 bits per heavy atom. The Morgan fingerprint density at radius 1 is 1.53 bits per heavy atom. The Bertz CT molecular complexity index is 518. The summed E-state index contributed by atoms with van der Waals surface area (Å²) in [5, 5.41) is 20.7. The van der Waals surface area contributed by atoms with Gasteiger partial charge in [0.25, 0.3) is 5.69 Å². The predicted octanol–water partition coefficient (Wildman–Crippen LogP) is 0.655. The lowest BCUT2D eigenvalue weighted by molar-refractivity contribution is -0.384. The van der Waals surface area contributed by atoms with Crippen molar-refractivity contribution in [3.05, 3.63) is 33.9 Å². The summed E-state index contributed by atoms with van der Waals surface area (Å²) in [6.45, 7) is 1.00. The second-order valence-electron chi connectivity index (χ2n) is 4.57. The number of hydrogen-bond acceptors (Lipinski definition) is 5. The molecule has 1 atom stereocenters. The fourth-order valence-electron chi connectivity index (χ4n) is 2.26. The van der Waals surface area contributed by atoms with Crippen LogP contribution in [0, 0.1) is 10.1 Å². The van der Waals surface area contributed by atoms with Crippen molar-refractivity contribution in [2.45, 2.75) is 18.9 Å². The van der Waals surface area contributed by atoms with E-state index in [9.17, 15) is 20.0 Å². The molecule has 0 aromatic heterocycles. The number of piperidine rings is 1. The molecule has 19 heavy (non-hydrogen) atoms. The molecule has 1 heterocycles. The van der Waals surface area contributed by atoms with Crippen LogP contribution in [0.2, 0.25) is 0 Å². The monoisotopic (exact) mass is 265 g/mol. The van der Waals surface area contributed by atoms with Crippen molar-refractivity contribution in [1.82, 2.24) is 0 Å². The van der Waals surface area contributed by atoms with Crippen molar-refractivity contribution >= 4 is 17.3 Å². The normalized spacial score (nSPS) is 19.2. The number of aliphatic hydroxyl groups is 1. The zero-order chi connectivity index (χ0) is 14.0. The summed E-state index contributed by atoms with van der Waals surface area (Å²) >= 11 is 0. The first kappa shape index (κ1) is 13.3. The third-order valence-electron chi connectivity index (χ3n) is 3.19. The molecule has 0 spiro atoms. The quantitative estimate of drug-likeness (QED) is 0.616. The summed E-state index contributed by atoms with van der Waals surface area (Å²) in [5.41, 5.74) is 5.47. The van der Waals surface area contributed by atoms with Crippen molar-refractivity contribution in [3.63, 3.8) is 0 Å². The molecule has 1 aromatic rings. The van der Waals surface area contributed by atoms with Gasteiger partial charge in [0, 0.05) is 24.7 Å². The number of anilines is 1. The molecule has 0 radical (unpaired) electrons. The van der Waals surface area contributed by atoms with Crippen LogP contribution in [-0.2, 0) is 0 Å². The van der Waals surface area contributed by atoms with E-state index in [1.165, 1.54) is 18.2 Å². The lowest BCUT2D eigenvalue weighted by atomic mass is 10.1. The molecule has 1 aliphatic rings. The van der Waals surface area contributed by atoms with Crippen LogP contribution in [-0.4, -0.2) is 35.1 Å². The molecule has 1 fully saturated rings. The number of benzene rings is 1. The van der Waals surface area contributed by atoms with Crippen LogP contribution >= 0.6 is 0 Å². The topological polar surface area (TPSA) is 110 Å². The molecule has 7 heteroatoms. The van der Waals surface area contributed by atoms with Gasteiger partial charge in [0.2, 0.25) is 5.91 Å². The molecule has 0 aliphatic carbocycles. The second-order valence-corrected chi connectivity index (χ2v) is 4.57. The van der Waals surface area contributed by atoms with E-state index in [1.54, 1.807) is 4.90 Å². The van der Waals surface area contributed by atoms with Gasteiger partial charge in [0.05, 0.1) is 11.0 Å². The van der Waals surface area contributed by atoms with Gasteiger partial charge in [-0.1, -0.05) is 0 Å². The van der Waals surface area contributed by atoms with Crippen LogP contribution in [0.1, 0.15) is 23.2 Å². The lowest BCUT2D eigenvalue weighted by Gasteiger charge is -2.31. The first-order valence-electron chi connectivity index (χ1n) is 6.00. The van der Waals surface area contributed by atoms with Crippen LogP contribution in [0.4, 0.5) is 11.4 Å². The molecule has 1 saturated heterocycles. The standard InChI is InChI=1S/C12H15N3O4/c13-12(17)8-3-4-10(11(6-8)15(18)19)14-5-1-2-9(16)7-14/h3-4,6,9,16H,1-2,5,7H2,(H2,13,17)/t9-/m1/s1. The van der Waals surface area contributed by atoms with Gasteiger partial charge in [-0.25, -0.2) is 0 Å². The van der Waals surface area contributed by atoms with Gasteiger partial charge in [-0.2, -0.15) is 0 Å². The minimum absolute atomic E-state index is 0.105. The number of β-amino-alcohol motifs (C(OH)–C–C–N with tert-alkyl or cyclic N) is 1. The fraction of sp³-hybridized carbons (Fsp3) is 0.417. The fourth-order valence-corrected chi connectivity index (χ4v) is 2.26. The van der Waals surface area contributed by atoms with Crippen LogP contribution < -0.4 is 10.6 Å². The Kier molecular flexibility index (Phi) is 3.66. The number of carbonyl (C=O) groups excluding carboxylic acids is 1. The molecule has 0 bridgehead atoms. The average Bonchev–Trinajstić information content (AvgIpc) is 2.37. The van der Waals surface area contributed by atoms with Crippen molar-refractivity contribution in [3.8, 4) is 0 Å². The molecule has 2 rings (SSSR count). The van der Waals surface area contributed by atoms with Gasteiger partial charge >= 0.3 is 0 Å². The molecule has 102 valence electrons. The van der Waals surface area contributed by atoms with E-state index in [0.29, 0.717) is 25.2 Å². The highest BCUT2D eigenvalue weighted by atomic mass is 16.6. The molecule has 0 unspecified atom stereocenters. The molecule has 1 aromatic carbocycles. The van der Waals surface area contributed by atoms with E-state index >= 15 is 0 Å². The maximum Gasteiger partial charge on any atom is 0.293 e. The van der Waals surface area contributed by atoms with Crippen LogP contribution in [0.5, 0.6) is 0 Å². The summed E-state index contributed by atoms with van der Waals surface area (Å²) < 4.78 is 0. The number of nitrogens with zero attached hydrogens (tertiary/aromatic N) is 2. The zero-order valence-electron chi connectivity index (χ0n) is 10.3. The summed E-state index contributed by atoms with van der Waals surface area (Å²) in [6, 6.07) is 4.15. The Labute approximate surface area is 109 Å². The predicted molar refractivity (Wildman–Crippen MR) is 69.1 cm³/mol. The number of rotatable bonds is 3.